The highest BCUT2D eigenvalue weighted by molar-refractivity contribution is 9.10. The van der Waals surface area contributed by atoms with Crippen molar-refractivity contribution in [1.29, 1.82) is 0 Å². The summed E-state index contributed by atoms with van der Waals surface area (Å²) in [5.74, 6) is 0.585. The van der Waals surface area contributed by atoms with Gasteiger partial charge in [0.15, 0.2) is 0 Å². The van der Waals surface area contributed by atoms with Gasteiger partial charge in [-0.1, -0.05) is 46.6 Å². The molecule has 5 heteroatoms. The van der Waals surface area contributed by atoms with Gasteiger partial charge >= 0.3 is 0 Å². The Morgan fingerprint density at radius 1 is 1.30 bits per heavy atom. The van der Waals surface area contributed by atoms with Gasteiger partial charge in [0.2, 0.25) is 5.88 Å². The van der Waals surface area contributed by atoms with Crippen LogP contribution in [0.15, 0.2) is 40.9 Å². The highest BCUT2D eigenvalue weighted by atomic mass is 79.9. The maximum Gasteiger partial charge on any atom is 0.213 e. The third-order valence-corrected chi connectivity index (χ3v) is 3.55. The van der Waals surface area contributed by atoms with E-state index in [2.05, 4.69) is 26.2 Å². The van der Waals surface area contributed by atoms with Crippen molar-refractivity contribution < 1.29 is 4.74 Å². The van der Waals surface area contributed by atoms with Crippen molar-refractivity contribution in [2.45, 2.75) is 20.1 Å². The minimum absolute atomic E-state index is 0.481. The second kappa shape index (κ2) is 7.62. The summed E-state index contributed by atoms with van der Waals surface area (Å²) in [5.41, 5.74) is 1.89. The molecule has 0 radical (unpaired) electrons. The fourth-order valence-corrected chi connectivity index (χ4v) is 2.31. The summed E-state index contributed by atoms with van der Waals surface area (Å²) >= 11 is 9.55. The van der Waals surface area contributed by atoms with Crippen LogP contribution >= 0.6 is 27.5 Å². The monoisotopic (exact) mass is 354 g/mol. The van der Waals surface area contributed by atoms with Gasteiger partial charge in [0.05, 0.1) is 10.7 Å². The van der Waals surface area contributed by atoms with Crippen LogP contribution in [0.25, 0.3) is 0 Å². The van der Waals surface area contributed by atoms with Crippen LogP contribution in [0.2, 0.25) is 5.02 Å². The Morgan fingerprint density at radius 3 is 2.90 bits per heavy atom. The first-order valence-corrected chi connectivity index (χ1v) is 7.59. The summed E-state index contributed by atoms with van der Waals surface area (Å²) in [6.45, 7) is 4.04. The number of benzene rings is 1. The van der Waals surface area contributed by atoms with Crippen LogP contribution in [0.4, 0.5) is 0 Å². The van der Waals surface area contributed by atoms with Gasteiger partial charge in [0.1, 0.15) is 6.61 Å². The van der Waals surface area contributed by atoms with Gasteiger partial charge in [0.25, 0.3) is 0 Å². The first-order valence-electron chi connectivity index (χ1n) is 6.42. The molecule has 2 rings (SSSR count). The molecule has 0 fully saturated rings. The third kappa shape index (κ3) is 4.47. The fourth-order valence-electron chi connectivity index (χ4n) is 1.70. The maximum atomic E-state index is 6.11. The Labute approximate surface area is 132 Å². The van der Waals surface area contributed by atoms with Crippen molar-refractivity contribution in [2.75, 3.05) is 6.54 Å². The van der Waals surface area contributed by atoms with E-state index < -0.39 is 0 Å². The van der Waals surface area contributed by atoms with E-state index in [0.29, 0.717) is 24.1 Å². The largest absolute Gasteiger partial charge is 0.473 e. The Hall–Kier alpha value is -1.10. The van der Waals surface area contributed by atoms with E-state index in [1.54, 1.807) is 6.07 Å². The zero-order valence-corrected chi connectivity index (χ0v) is 13.5. The van der Waals surface area contributed by atoms with Crippen molar-refractivity contribution >= 4 is 27.5 Å². The molecule has 3 nitrogen and oxygen atoms in total. The van der Waals surface area contributed by atoms with Gasteiger partial charge in [-0.3, -0.25) is 0 Å². The molecule has 0 aliphatic rings. The molecule has 0 aliphatic heterocycles. The average Bonchev–Trinajstić information content (AvgIpc) is 2.45. The molecule has 0 spiro atoms. The molecule has 0 aliphatic carbocycles. The van der Waals surface area contributed by atoms with Gasteiger partial charge in [-0.15, -0.1) is 0 Å². The smallest absolute Gasteiger partial charge is 0.213 e. The van der Waals surface area contributed by atoms with E-state index in [0.717, 1.165) is 22.3 Å². The van der Waals surface area contributed by atoms with Gasteiger partial charge in [0, 0.05) is 17.1 Å². The zero-order chi connectivity index (χ0) is 14.4. The summed E-state index contributed by atoms with van der Waals surface area (Å²) in [4.78, 5) is 4.42. The zero-order valence-electron chi connectivity index (χ0n) is 11.2. The van der Waals surface area contributed by atoms with E-state index in [1.807, 2.05) is 37.3 Å². The number of aromatic nitrogens is 1. The Kier molecular flexibility index (Phi) is 5.83. The topological polar surface area (TPSA) is 34.2 Å². The maximum absolute atomic E-state index is 6.11. The highest BCUT2D eigenvalue weighted by Crippen LogP contribution is 2.19. The van der Waals surface area contributed by atoms with Crippen LogP contribution < -0.4 is 10.1 Å². The molecular weight excluding hydrogens is 340 g/mol. The van der Waals surface area contributed by atoms with Crippen molar-refractivity contribution in [3.8, 4) is 5.88 Å². The van der Waals surface area contributed by atoms with E-state index >= 15 is 0 Å². The van der Waals surface area contributed by atoms with Gasteiger partial charge < -0.3 is 10.1 Å². The summed E-state index contributed by atoms with van der Waals surface area (Å²) in [5, 5.41) is 3.86. The third-order valence-electron chi connectivity index (χ3n) is 2.71. The quantitative estimate of drug-likeness (QED) is 0.844. The van der Waals surface area contributed by atoms with Crippen LogP contribution in [0, 0.1) is 0 Å². The minimum atomic E-state index is 0.481. The number of hydrogen-bond acceptors (Lipinski definition) is 3. The lowest BCUT2D eigenvalue weighted by Crippen LogP contribution is -2.13. The molecule has 1 aromatic carbocycles. The number of hydrogen-bond donors (Lipinski definition) is 1. The van der Waals surface area contributed by atoms with Crippen LogP contribution in [0.3, 0.4) is 0 Å². The van der Waals surface area contributed by atoms with E-state index in [9.17, 15) is 0 Å². The molecule has 2 aromatic rings. The van der Waals surface area contributed by atoms with Gasteiger partial charge in [-0.2, -0.15) is 0 Å². The predicted octanol–water partition coefficient (Wildman–Crippen LogP) is 4.19. The molecule has 0 atom stereocenters. The van der Waals surface area contributed by atoms with Crippen LogP contribution in [0.1, 0.15) is 18.2 Å². The Balaban J connectivity index is 2.02. The molecule has 0 unspecified atom stereocenters. The lowest BCUT2D eigenvalue weighted by atomic mass is 10.2. The van der Waals surface area contributed by atoms with Crippen LogP contribution in [0.5, 0.6) is 5.88 Å². The lowest BCUT2D eigenvalue weighted by Gasteiger charge is -2.09. The van der Waals surface area contributed by atoms with Crippen molar-refractivity contribution in [3.05, 3.63) is 57.2 Å². The number of halogens is 2. The number of ether oxygens (including phenoxy) is 1. The minimum Gasteiger partial charge on any atom is -0.473 e. The first-order chi connectivity index (χ1) is 9.69. The lowest BCUT2D eigenvalue weighted by molar-refractivity contribution is 0.293. The molecule has 106 valence electrons. The Bertz CT molecular complexity index is 578. The van der Waals surface area contributed by atoms with Crippen molar-refractivity contribution in [1.82, 2.24) is 10.3 Å². The average molecular weight is 356 g/mol. The number of nitrogens with zero attached hydrogens (tertiary/aromatic N) is 1. The molecule has 1 N–H and O–H groups in total. The normalized spacial score (nSPS) is 10.6. The van der Waals surface area contributed by atoms with Crippen molar-refractivity contribution in [2.24, 2.45) is 0 Å². The highest BCUT2D eigenvalue weighted by Gasteiger charge is 2.05. The summed E-state index contributed by atoms with van der Waals surface area (Å²) in [6.07, 6.45) is 0. The summed E-state index contributed by atoms with van der Waals surface area (Å²) in [7, 11) is 0. The SMILES string of the molecule is CCNCc1nc(OCc2cccc(Br)c2)ccc1Cl. The first kappa shape index (κ1) is 15.3. The van der Waals surface area contributed by atoms with Gasteiger partial charge in [-0.05, 0) is 30.3 Å². The molecule has 1 aromatic heterocycles. The predicted molar refractivity (Wildman–Crippen MR) is 85.1 cm³/mol. The van der Waals surface area contributed by atoms with Crippen molar-refractivity contribution in [3.63, 3.8) is 0 Å². The summed E-state index contributed by atoms with van der Waals surface area (Å²) < 4.78 is 6.74. The summed E-state index contributed by atoms with van der Waals surface area (Å²) in [6, 6.07) is 11.6. The van der Waals surface area contributed by atoms with Crippen LogP contribution in [-0.2, 0) is 13.2 Å². The number of pyridine rings is 1. The molecule has 0 amide bonds. The molecule has 0 saturated carbocycles. The van der Waals surface area contributed by atoms with E-state index in [1.165, 1.54) is 0 Å². The standard InChI is InChI=1S/C15H16BrClN2O/c1-2-18-9-14-13(17)6-7-15(19-14)20-10-11-4-3-5-12(16)8-11/h3-8,18H,2,9-10H2,1H3. The van der Waals surface area contributed by atoms with E-state index in [-0.39, 0.29) is 0 Å². The molecule has 20 heavy (non-hydrogen) atoms. The molecule has 0 bridgehead atoms. The van der Waals surface area contributed by atoms with E-state index in [4.69, 9.17) is 16.3 Å². The molecule has 1 heterocycles. The molecular formula is C15H16BrClN2O. The number of nitrogens with one attached hydrogen (secondary N) is 1. The second-order valence-electron chi connectivity index (χ2n) is 4.28. The Morgan fingerprint density at radius 2 is 2.15 bits per heavy atom. The van der Waals surface area contributed by atoms with Gasteiger partial charge in [-0.25, -0.2) is 4.98 Å². The molecule has 0 saturated heterocycles. The van der Waals surface area contributed by atoms with Crippen LogP contribution in [-0.4, -0.2) is 11.5 Å². The fraction of sp³-hybridized carbons (Fsp3) is 0.267. The number of rotatable bonds is 6. The second-order valence-corrected chi connectivity index (χ2v) is 5.60.